The van der Waals surface area contributed by atoms with Crippen LogP contribution in [0, 0.1) is 11.8 Å². The summed E-state index contributed by atoms with van der Waals surface area (Å²) in [5, 5.41) is 29.4. The number of nitrogens with one attached hydrogen (secondary N) is 1. The van der Waals surface area contributed by atoms with E-state index in [9.17, 15) is 38.7 Å². The van der Waals surface area contributed by atoms with Crippen LogP contribution in [-0.4, -0.2) is 89.5 Å². The maximum Gasteiger partial charge on any atom is 0.306 e. The van der Waals surface area contributed by atoms with E-state index in [1.54, 1.807) is 6.92 Å². The van der Waals surface area contributed by atoms with Crippen molar-refractivity contribution in [1.29, 1.82) is 0 Å². The third kappa shape index (κ3) is 37.1. The summed E-state index contributed by atoms with van der Waals surface area (Å²) >= 11 is 0. The van der Waals surface area contributed by atoms with Gasteiger partial charge in [-0.05, 0) is 32.1 Å². The van der Waals surface area contributed by atoms with E-state index in [-0.39, 0.29) is 49.3 Å². The lowest BCUT2D eigenvalue weighted by Gasteiger charge is -2.12. The molecule has 0 fully saturated rings. The highest BCUT2D eigenvalue weighted by Gasteiger charge is 2.21. The molecule has 0 aliphatic carbocycles. The van der Waals surface area contributed by atoms with Gasteiger partial charge in [0.1, 0.15) is 18.2 Å². The summed E-state index contributed by atoms with van der Waals surface area (Å²) in [7, 11) is 0. The number of Topliss-reactive ketones (excluding diaryl/α,β-unsaturated/α-hetero) is 3. The number of carboxylic acid groups (broad SMARTS) is 3. The number of amides is 1. The quantitative estimate of drug-likeness (QED) is 0.0444. The van der Waals surface area contributed by atoms with Crippen LogP contribution in [-0.2, 0) is 43.0 Å². The molecule has 2 unspecified atom stereocenters. The number of carbonyl (C=O) groups is 7. The first-order valence-corrected chi connectivity index (χ1v) is 20.5. The molecule has 0 rings (SSSR count). The number of rotatable bonds is 38. The molecule has 0 heterocycles. The summed E-state index contributed by atoms with van der Waals surface area (Å²) in [5.74, 6) is -3.73. The molecule has 0 aromatic rings. The minimum Gasteiger partial charge on any atom is -0.481 e. The summed E-state index contributed by atoms with van der Waals surface area (Å²) in [6.07, 6.45) is 19.1. The number of ketones is 3. The first kappa shape index (κ1) is 52.9. The van der Waals surface area contributed by atoms with Crippen LogP contribution in [0.4, 0.5) is 0 Å². The Bertz CT molecular complexity index is 1030. The predicted molar refractivity (Wildman–Crippen MR) is 207 cm³/mol. The van der Waals surface area contributed by atoms with E-state index in [0.717, 1.165) is 51.4 Å². The summed E-state index contributed by atoms with van der Waals surface area (Å²) in [5.41, 5.74) is 0. The van der Waals surface area contributed by atoms with Crippen molar-refractivity contribution >= 4 is 41.2 Å². The van der Waals surface area contributed by atoms with E-state index < -0.39 is 29.7 Å². The summed E-state index contributed by atoms with van der Waals surface area (Å²) in [6, 6.07) is 0. The van der Waals surface area contributed by atoms with Gasteiger partial charge in [-0.1, -0.05) is 97.8 Å². The number of aliphatic carboxylic acids is 3. The molecule has 1 amide bonds. The summed E-state index contributed by atoms with van der Waals surface area (Å²) < 4.78 is 10.5. The van der Waals surface area contributed by atoms with Gasteiger partial charge in [0.2, 0.25) is 5.91 Å². The minimum absolute atomic E-state index is 0.0344. The molecule has 4 N–H and O–H groups in total. The normalized spacial score (nSPS) is 11.9. The van der Waals surface area contributed by atoms with Crippen molar-refractivity contribution in [2.75, 3.05) is 33.0 Å². The first-order valence-electron chi connectivity index (χ1n) is 20.5. The van der Waals surface area contributed by atoms with Crippen molar-refractivity contribution in [1.82, 2.24) is 5.32 Å². The number of hydrogen-bond donors (Lipinski definition) is 4. The average molecular weight is 772 g/mol. The van der Waals surface area contributed by atoms with E-state index in [1.807, 2.05) is 13.8 Å². The van der Waals surface area contributed by atoms with Gasteiger partial charge in [-0.3, -0.25) is 33.6 Å². The van der Waals surface area contributed by atoms with Crippen molar-refractivity contribution in [2.24, 2.45) is 11.8 Å². The zero-order valence-corrected chi connectivity index (χ0v) is 33.7. The molecule has 54 heavy (non-hydrogen) atoms. The highest BCUT2D eigenvalue weighted by atomic mass is 16.5. The summed E-state index contributed by atoms with van der Waals surface area (Å²) in [4.78, 5) is 78.5. The monoisotopic (exact) mass is 772 g/mol. The zero-order chi connectivity index (χ0) is 40.8. The standard InChI is InChI=1S/C21H38O5.C20H35NO7/c1-2-18(21(25)26)17-19(22)15-13-11-9-7-5-3-4-6-8-10-12-14-16-20(23)24;1-3-17(22)9-7-5-6-8-16(20(25)26)14-18(23)15-28-13-12-27-11-10-21-19(24)4-2/h18H,2-17H2,1H3,(H,23,24)(H,25,26);16H,3-15H2,1-2H3,(H,21,24)(H,25,26). The molecule has 0 aromatic carbocycles. The average Bonchev–Trinajstić information content (AvgIpc) is 3.13. The molecule has 314 valence electrons. The fourth-order valence-corrected chi connectivity index (χ4v) is 5.66. The van der Waals surface area contributed by atoms with E-state index in [2.05, 4.69) is 5.32 Å². The van der Waals surface area contributed by atoms with Crippen LogP contribution < -0.4 is 5.32 Å². The highest BCUT2D eigenvalue weighted by molar-refractivity contribution is 5.85. The van der Waals surface area contributed by atoms with Crippen molar-refractivity contribution in [2.45, 2.75) is 175 Å². The van der Waals surface area contributed by atoms with Crippen LogP contribution in [0.3, 0.4) is 0 Å². The van der Waals surface area contributed by atoms with Crippen molar-refractivity contribution in [3.05, 3.63) is 0 Å². The largest absolute Gasteiger partial charge is 0.481 e. The van der Waals surface area contributed by atoms with Crippen molar-refractivity contribution in [3.63, 3.8) is 0 Å². The van der Waals surface area contributed by atoms with E-state index >= 15 is 0 Å². The Morgan fingerprint density at radius 2 is 0.963 bits per heavy atom. The molecule has 0 aliphatic rings. The van der Waals surface area contributed by atoms with Gasteiger partial charge >= 0.3 is 17.9 Å². The zero-order valence-electron chi connectivity index (χ0n) is 33.7. The number of unbranched alkanes of at least 4 members (excludes halogenated alkanes) is 13. The Hall–Kier alpha value is -3.19. The van der Waals surface area contributed by atoms with E-state index in [4.69, 9.17) is 19.7 Å². The highest BCUT2D eigenvalue weighted by Crippen LogP contribution is 2.17. The lowest BCUT2D eigenvalue weighted by atomic mass is 9.95. The molecule has 0 aromatic heterocycles. The van der Waals surface area contributed by atoms with Gasteiger partial charge < -0.3 is 30.1 Å². The maximum atomic E-state index is 11.9. The predicted octanol–water partition coefficient (Wildman–Crippen LogP) is 7.74. The molecule has 0 saturated carbocycles. The fraction of sp³-hybridized carbons (Fsp3) is 0.829. The van der Waals surface area contributed by atoms with Gasteiger partial charge in [-0.15, -0.1) is 0 Å². The van der Waals surface area contributed by atoms with Crippen LogP contribution in [0.1, 0.15) is 175 Å². The number of carboxylic acids is 3. The summed E-state index contributed by atoms with van der Waals surface area (Å²) in [6.45, 7) is 6.61. The van der Waals surface area contributed by atoms with Crippen LogP contribution in [0.25, 0.3) is 0 Å². The van der Waals surface area contributed by atoms with Crippen molar-refractivity contribution < 1.29 is 58.4 Å². The Balaban J connectivity index is 0. The van der Waals surface area contributed by atoms with Crippen molar-refractivity contribution in [3.8, 4) is 0 Å². The fourth-order valence-electron chi connectivity index (χ4n) is 5.66. The third-order valence-electron chi connectivity index (χ3n) is 9.16. The molecular formula is C41H73NO12. The van der Waals surface area contributed by atoms with Crippen LogP contribution in [0.5, 0.6) is 0 Å². The topological polar surface area (TPSA) is 211 Å². The molecular weight excluding hydrogens is 698 g/mol. The Morgan fingerprint density at radius 1 is 0.500 bits per heavy atom. The van der Waals surface area contributed by atoms with Gasteiger partial charge in [0.15, 0.2) is 5.78 Å². The van der Waals surface area contributed by atoms with E-state index in [1.165, 1.54) is 38.5 Å². The second-order valence-electron chi connectivity index (χ2n) is 14.0. The van der Waals surface area contributed by atoms with Gasteiger partial charge in [0.25, 0.3) is 0 Å². The number of hydrogen-bond acceptors (Lipinski definition) is 9. The molecule has 2 atom stereocenters. The van der Waals surface area contributed by atoms with Gasteiger partial charge in [-0.2, -0.15) is 0 Å². The van der Waals surface area contributed by atoms with Crippen LogP contribution in [0.15, 0.2) is 0 Å². The molecule has 13 heteroatoms. The second-order valence-corrected chi connectivity index (χ2v) is 14.0. The lowest BCUT2D eigenvalue weighted by molar-refractivity contribution is -0.144. The van der Waals surface area contributed by atoms with E-state index in [0.29, 0.717) is 71.1 Å². The smallest absolute Gasteiger partial charge is 0.306 e. The SMILES string of the molecule is CCC(=O)CCCCCC(CC(=O)COCCOCCNC(=O)CC)C(=O)O.CCC(CC(=O)CCCCCCCCCCCCCCC(=O)O)C(=O)O. The van der Waals surface area contributed by atoms with Crippen LogP contribution in [0.2, 0.25) is 0 Å². The second kappa shape index (κ2) is 38.1. The third-order valence-corrected chi connectivity index (χ3v) is 9.16. The van der Waals surface area contributed by atoms with Gasteiger partial charge in [0, 0.05) is 51.5 Å². The molecule has 0 aliphatic heterocycles. The number of carbonyl (C=O) groups excluding carboxylic acids is 4. The molecule has 0 bridgehead atoms. The minimum atomic E-state index is -0.976. The Labute approximate surface area is 324 Å². The Morgan fingerprint density at radius 3 is 1.44 bits per heavy atom. The molecule has 13 nitrogen and oxygen atoms in total. The maximum absolute atomic E-state index is 11.9. The molecule has 0 spiro atoms. The van der Waals surface area contributed by atoms with Crippen LogP contribution >= 0.6 is 0 Å². The lowest BCUT2D eigenvalue weighted by Crippen LogP contribution is -2.26. The Kier molecular flexibility index (Phi) is 37.3. The first-order chi connectivity index (χ1) is 25.9. The molecule has 0 saturated heterocycles. The molecule has 0 radical (unpaired) electrons. The number of ether oxygens (including phenoxy) is 2. The van der Waals surface area contributed by atoms with Gasteiger partial charge in [0.05, 0.1) is 31.7 Å². The van der Waals surface area contributed by atoms with Gasteiger partial charge in [-0.25, -0.2) is 0 Å².